The van der Waals surface area contributed by atoms with Crippen LogP contribution in [0.4, 0.5) is 0 Å². The molecule has 0 atom stereocenters. The third kappa shape index (κ3) is 17.0. The van der Waals surface area contributed by atoms with Crippen molar-refractivity contribution < 1.29 is 9.31 Å². The number of rotatable bonds is 15. The minimum Gasteiger partial charge on any atom is -0.399 e. The molecule has 0 amide bonds. The molecule has 0 saturated carbocycles. The van der Waals surface area contributed by atoms with Crippen LogP contribution in [0.1, 0.15) is 35.1 Å². The van der Waals surface area contributed by atoms with E-state index in [-0.39, 0.29) is 25.7 Å². The number of thiophene rings is 3. The van der Waals surface area contributed by atoms with Crippen LogP contribution in [0.5, 0.6) is 0 Å². The minimum absolute atomic E-state index is 0. The van der Waals surface area contributed by atoms with Gasteiger partial charge in [0, 0.05) is 56.5 Å². The van der Waals surface area contributed by atoms with Crippen LogP contribution >= 0.6 is 65.9 Å². The van der Waals surface area contributed by atoms with Gasteiger partial charge in [-0.3, -0.25) is 0 Å². The van der Waals surface area contributed by atoms with Crippen LogP contribution in [-0.4, -0.2) is 27.5 Å². The largest absolute Gasteiger partial charge is 0.494 e. The molecule has 5 aromatic heterocycles. The van der Waals surface area contributed by atoms with Gasteiger partial charge in [-0.25, -0.2) is 0 Å². The first-order valence-corrected chi connectivity index (χ1v) is 46.0. The first kappa shape index (κ1) is 81.8. The zero-order chi connectivity index (χ0) is 83.8. The molecule has 0 radical (unpaired) electrons. The van der Waals surface area contributed by atoms with Crippen LogP contribution in [0.2, 0.25) is 0 Å². The van der Waals surface area contributed by atoms with Crippen molar-refractivity contribution in [3.8, 4) is 143 Å². The quantitative estimate of drug-likeness (QED) is 0.0957. The molecule has 0 aliphatic carbocycles. The lowest BCUT2D eigenvalue weighted by Gasteiger charge is -2.32. The highest BCUT2D eigenvalue weighted by Gasteiger charge is 2.52. The fourth-order valence-electron chi connectivity index (χ4n) is 17.1. The molecule has 1 fully saturated rings. The van der Waals surface area contributed by atoms with E-state index in [2.05, 4.69) is 491 Å². The van der Waals surface area contributed by atoms with Crippen LogP contribution in [0.25, 0.3) is 186 Å². The Hall–Kier alpha value is -12.8. The Morgan fingerprint density at radius 1 is 0.224 bits per heavy atom. The van der Waals surface area contributed by atoms with E-state index in [0.717, 1.165) is 36.9 Å². The molecular weight excluding hydrogens is 1710 g/mol. The molecule has 125 heavy (non-hydrogen) atoms. The molecule has 1 saturated heterocycles. The normalized spacial score (nSPS) is 12.7. The highest BCUT2D eigenvalue weighted by Crippen LogP contribution is 2.46. The number of hydrogen-bond donors (Lipinski definition) is 0. The fraction of sp³-hybridized carbons (Fsp3) is 0.0609. The van der Waals surface area contributed by atoms with E-state index in [0.29, 0.717) is 0 Å². The van der Waals surface area contributed by atoms with Crippen LogP contribution in [-0.2, 0) is 9.31 Å². The number of nitrogens with zero attached hydrogens (tertiary/aromatic N) is 2. The molecule has 0 N–H and O–H groups in total. The molecule has 4 nitrogen and oxygen atoms in total. The van der Waals surface area contributed by atoms with E-state index < -0.39 is 0 Å². The number of fused-ring (bicyclic) bond motifs is 6. The predicted octanol–water partition coefficient (Wildman–Crippen LogP) is 33.9. The summed E-state index contributed by atoms with van der Waals surface area (Å²) in [5.74, 6) is 0. The maximum absolute atomic E-state index is 6.29. The summed E-state index contributed by atoms with van der Waals surface area (Å²) in [6, 6.07) is 150. The number of benzene rings is 16. The average molecular weight is 1800 g/mol. The summed E-state index contributed by atoms with van der Waals surface area (Å²) in [5.41, 5.74) is 32.5. The highest BCUT2D eigenvalue weighted by molar-refractivity contribution is 9.11. The van der Waals surface area contributed by atoms with Gasteiger partial charge in [-0.2, -0.15) is 0 Å². The minimum atomic E-state index is -0.359. The predicted molar refractivity (Wildman–Crippen MR) is 545 cm³/mol. The Morgan fingerprint density at radius 3 is 0.736 bits per heavy atom. The molecule has 1 aliphatic rings. The summed E-state index contributed by atoms with van der Waals surface area (Å²) in [6.45, 7) is 8.37. The van der Waals surface area contributed by atoms with Gasteiger partial charge in [0.15, 0.2) is 0 Å². The van der Waals surface area contributed by atoms with E-state index in [1.807, 2.05) is 6.07 Å². The summed E-state index contributed by atoms with van der Waals surface area (Å²) < 4.78 is 19.5. The third-order valence-corrected chi connectivity index (χ3v) is 27.7. The van der Waals surface area contributed by atoms with E-state index in [4.69, 9.17) is 9.31 Å². The smallest absolute Gasteiger partial charge is 0.399 e. The van der Waals surface area contributed by atoms with Gasteiger partial charge in [-0.15, -0.1) is 34.0 Å². The number of halogens is 2. The SMILES string of the molecule is Brc1cc(Br)cc(-n2c3ccc(-c4ccccc4)cc3c3cc(-c4ccccc4)ccc32)c1.C.CC1(C)OB(c2cc(-c3ccccc3)cc(-c3cccs3)c2)OC1(C)C.c1ccc(-c2cc(-c3cc(-c4cc(-c5ccccc5)cc(-c5cccs5)c4)cc(-n4c5ccc(-c6ccccc6)cc5c5cc(-c6ccccc6)ccc54)c3)cc(-c3cccs3)c2)cc1. The van der Waals surface area contributed by atoms with E-state index in [1.54, 1.807) is 34.0 Å². The summed E-state index contributed by atoms with van der Waals surface area (Å²) >= 11 is 12.7. The Balaban J connectivity index is 0.000000141. The molecule has 1 aliphatic heterocycles. The molecule has 0 spiro atoms. The second-order valence-corrected chi connectivity index (χ2v) is 37.2. The standard InChI is InChI=1S/C62H41NS2.C30H19Br2N.C22H23BO2S.CH4/c1-5-15-42(16-6-1)46-25-27-59-57(40-46)58-41-47(43-17-7-2-8-18-43)26-28-60(58)63(59)56-38-52(50-31-48(44-19-9-3-10-20-44)34-54(36-50)61-23-13-29-64-61)33-53(39-56)51-32-49(45-21-11-4-12-22-45)35-55(37-51)62-24-14-30-65-62;31-24-17-25(32)19-26(18-24)33-29-13-11-22(20-7-3-1-4-8-20)15-27(29)28-16-23(12-14-30(28)33)21-9-5-2-6-10-21;1-21(2)22(3,4)25-23(24-21)19-14-17(16-9-6-5-7-10-16)13-18(15-19)20-11-8-12-26-20;/h1-41H;1-19H;5-15H,1-4H3;1H4. The van der Waals surface area contributed by atoms with Gasteiger partial charge in [0.25, 0.3) is 0 Å². The molecule has 21 aromatic rings. The molecule has 10 heteroatoms. The first-order valence-electron chi connectivity index (χ1n) is 41.8. The van der Waals surface area contributed by atoms with Crippen molar-refractivity contribution in [1.29, 1.82) is 0 Å². The molecule has 0 bridgehead atoms. The third-order valence-electron chi connectivity index (χ3n) is 24.0. The summed E-state index contributed by atoms with van der Waals surface area (Å²) in [5, 5.41) is 11.4. The van der Waals surface area contributed by atoms with Crippen LogP contribution in [0, 0.1) is 0 Å². The molecule has 604 valence electrons. The lowest BCUT2D eigenvalue weighted by molar-refractivity contribution is 0.00578. The van der Waals surface area contributed by atoms with Crippen LogP contribution in [0.3, 0.4) is 0 Å². The van der Waals surface area contributed by atoms with Crippen molar-refractivity contribution in [2.24, 2.45) is 0 Å². The van der Waals surface area contributed by atoms with Crippen molar-refractivity contribution >= 4 is 122 Å². The van der Waals surface area contributed by atoms with Gasteiger partial charge < -0.3 is 18.4 Å². The molecule has 16 aromatic carbocycles. The zero-order valence-corrected chi connectivity index (χ0v) is 74.4. The monoisotopic (exact) mass is 1790 g/mol. The van der Waals surface area contributed by atoms with E-state index in [9.17, 15) is 0 Å². The lowest BCUT2D eigenvalue weighted by Crippen LogP contribution is -2.41. The zero-order valence-electron chi connectivity index (χ0n) is 68.8. The second-order valence-electron chi connectivity index (χ2n) is 32.5. The summed E-state index contributed by atoms with van der Waals surface area (Å²) in [7, 11) is -0.359. The summed E-state index contributed by atoms with van der Waals surface area (Å²) in [6.07, 6.45) is 0. The Bertz CT molecular complexity index is 7040. The molecule has 0 unspecified atom stereocenters. The Morgan fingerprint density at radius 2 is 0.456 bits per heavy atom. The maximum Gasteiger partial charge on any atom is 0.494 e. The van der Waals surface area contributed by atoms with E-state index in [1.165, 1.54) is 164 Å². The average Bonchev–Trinajstić information content (AvgIpc) is 1.59. The lowest BCUT2D eigenvalue weighted by atomic mass is 9.77. The van der Waals surface area contributed by atoms with Gasteiger partial charge in [-0.05, 0) is 312 Å². The fourth-order valence-corrected chi connectivity index (χ4v) is 20.5. The summed E-state index contributed by atoms with van der Waals surface area (Å²) in [4.78, 5) is 3.75. The van der Waals surface area contributed by atoms with E-state index >= 15 is 0 Å². The number of aromatic nitrogens is 2. The Labute approximate surface area is 760 Å². The molecule has 22 rings (SSSR count). The topological polar surface area (TPSA) is 28.3 Å². The number of hydrogen-bond acceptors (Lipinski definition) is 5. The van der Waals surface area contributed by atoms with Crippen molar-refractivity contribution in [1.82, 2.24) is 9.13 Å². The van der Waals surface area contributed by atoms with Crippen molar-refractivity contribution in [3.05, 3.63) is 438 Å². The van der Waals surface area contributed by atoms with Gasteiger partial charge in [-0.1, -0.05) is 306 Å². The van der Waals surface area contributed by atoms with Crippen molar-refractivity contribution in [2.75, 3.05) is 0 Å². The van der Waals surface area contributed by atoms with Crippen molar-refractivity contribution in [3.63, 3.8) is 0 Å². The van der Waals surface area contributed by atoms with Gasteiger partial charge in [0.2, 0.25) is 0 Å². The van der Waals surface area contributed by atoms with Crippen molar-refractivity contribution in [2.45, 2.75) is 46.3 Å². The second kappa shape index (κ2) is 35.4. The molecule has 6 heterocycles. The maximum atomic E-state index is 6.29. The van der Waals surface area contributed by atoms with Gasteiger partial charge in [0.05, 0.1) is 33.3 Å². The Kier molecular flexibility index (Phi) is 23.2. The first-order chi connectivity index (χ1) is 60.7. The van der Waals surface area contributed by atoms with Gasteiger partial charge in [0.1, 0.15) is 0 Å². The van der Waals surface area contributed by atoms with Gasteiger partial charge >= 0.3 is 7.12 Å². The van der Waals surface area contributed by atoms with Crippen LogP contribution in [0.15, 0.2) is 438 Å². The highest BCUT2D eigenvalue weighted by atomic mass is 79.9. The molecular formula is C115H87BBr2N2O2S3. The van der Waals surface area contributed by atoms with Crippen LogP contribution < -0.4 is 5.46 Å².